The Morgan fingerprint density at radius 3 is 2.63 bits per heavy atom. The Balaban J connectivity index is 2.00. The Hall–Kier alpha value is -1.03. The molecule has 2 aromatic rings. The van der Waals surface area contributed by atoms with Crippen molar-refractivity contribution in [1.82, 2.24) is 14.7 Å². The molecule has 0 unspecified atom stereocenters. The number of nitrogen functional groups attached to an aromatic ring is 1. The highest BCUT2D eigenvalue weighted by molar-refractivity contribution is 7.91. The lowest BCUT2D eigenvalue weighted by molar-refractivity contribution is 0.583. The second kappa shape index (κ2) is 5.53. The number of aromatic nitrogens is 2. The van der Waals surface area contributed by atoms with Gasteiger partial charge in [-0.25, -0.2) is 23.1 Å². The van der Waals surface area contributed by atoms with Gasteiger partial charge in [0, 0.05) is 24.0 Å². The van der Waals surface area contributed by atoms with Gasteiger partial charge in [-0.3, -0.25) is 0 Å². The lowest BCUT2D eigenvalue weighted by atomic mass is 10.4. The average molecular weight is 318 g/mol. The second-order valence-corrected chi connectivity index (χ2v) is 7.89. The maximum absolute atomic E-state index is 12.0. The van der Waals surface area contributed by atoms with E-state index in [2.05, 4.69) is 14.7 Å². The van der Waals surface area contributed by atoms with Crippen molar-refractivity contribution in [3.05, 3.63) is 21.8 Å². The molecule has 0 saturated heterocycles. The summed E-state index contributed by atoms with van der Waals surface area (Å²) in [4.78, 5) is 8.19. The number of nitrogens with zero attached hydrogens (tertiary/aromatic N) is 2. The van der Waals surface area contributed by atoms with Crippen LogP contribution in [0.1, 0.15) is 16.4 Å². The van der Waals surface area contributed by atoms with Gasteiger partial charge in [0.2, 0.25) is 0 Å². The summed E-state index contributed by atoms with van der Waals surface area (Å²) in [6.07, 6.45) is 0.574. The molecule has 2 aromatic heterocycles. The number of aryl methyl sites for hydroxylation is 2. The van der Waals surface area contributed by atoms with Crippen molar-refractivity contribution in [2.75, 3.05) is 12.3 Å². The second-order valence-electron chi connectivity index (χ2n) is 3.96. The minimum absolute atomic E-state index is 0.181. The monoisotopic (exact) mass is 318 g/mol. The summed E-state index contributed by atoms with van der Waals surface area (Å²) < 4.78 is 26.8. The zero-order chi connectivity index (χ0) is 14.0. The molecule has 9 heteroatoms. The molecule has 0 saturated carbocycles. The molecule has 104 valence electrons. The smallest absolute Gasteiger partial charge is 0.252 e. The highest BCUT2D eigenvalue weighted by atomic mass is 32.2. The lowest BCUT2D eigenvalue weighted by Gasteiger charge is -2.03. The molecule has 0 aliphatic rings. The Morgan fingerprint density at radius 1 is 1.37 bits per heavy atom. The van der Waals surface area contributed by atoms with Crippen LogP contribution in [0.5, 0.6) is 0 Å². The van der Waals surface area contributed by atoms with Gasteiger partial charge in [0.1, 0.15) is 0 Å². The van der Waals surface area contributed by atoms with Crippen LogP contribution in [0.25, 0.3) is 0 Å². The first kappa shape index (κ1) is 14.4. The molecule has 0 radical (unpaired) electrons. The first-order valence-corrected chi connectivity index (χ1v) is 8.70. The topological polar surface area (TPSA) is 98.0 Å². The number of thiazole rings is 2. The van der Waals surface area contributed by atoms with Crippen LogP contribution in [0.4, 0.5) is 5.13 Å². The van der Waals surface area contributed by atoms with Gasteiger partial charge in [0.25, 0.3) is 10.0 Å². The lowest BCUT2D eigenvalue weighted by Crippen LogP contribution is -2.25. The SMILES string of the molecule is Cc1csc(CCNS(=O)(=O)c2sc(N)nc2C)n1. The molecule has 0 aliphatic heterocycles. The highest BCUT2D eigenvalue weighted by Crippen LogP contribution is 2.24. The third-order valence-electron chi connectivity index (χ3n) is 2.31. The largest absolute Gasteiger partial charge is 0.375 e. The fourth-order valence-corrected chi connectivity index (χ4v) is 4.68. The zero-order valence-electron chi connectivity index (χ0n) is 10.5. The summed E-state index contributed by atoms with van der Waals surface area (Å²) in [6, 6.07) is 0. The van der Waals surface area contributed by atoms with E-state index in [9.17, 15) is 8.42 Å². The first-order chi connectivity index (χ1) is 8.88. The highest BCUT2D eigenvalue weighted by Gasteiger charge is 2.20. The van der Waals surface area contributed by atoms with Crippen molar-refractivity contribution in [3.63, 3.8) is 0 Å². The van der Waals surface area contributed by atoms with Crippen molar-refractivity contribution in [2.45, 2.75) is 24.5 Å². The van der Waals surface area contributed by atoms with Gasteiger partial charge in [-0.15, -0.1) is 11.3 Å². The van der Waals surface area contributed by atoms with Crippen molar-refractivity contribution < 1.29 is 8.42 Å². The molecule has 0 aliphatic carbocycles. The van der Waals surface area contributed by atoms with E-state index in [1.54, 1.807) is 6.92 Å². The van der Waals surface area contributed by atoms with Gasteiger partial charge < -0.3 is 5.73 Å². The van der Waals surface area contributed by atoms with Crippen LogP contribution in [0.2, 0.25) is 0 Å². The number of nitrogens with one attached hydrogen (secondary N) is 1. The van der Waals surface area contributed by atoms with Gasteiger partial charge in [0.05, 0.1) is 10.7 Å². The fourth-order valence-electron chi connectivity index (χ4n) is 1.53. The average Bonchev–Trinajstić information content (AvgIpc) is 2.85. The summed E-state index contributed by atoms with van der Waals surface area (Å²) in [7, 11) is -3.53. The van der Waals surface area contributed by atoms with Crippen LogP contribution in [-0.4, -0.2) is 24.9 Å². The van der Waals surface area contributed by atoms with E-state index in [4.69, 9.17) is 5.73 Å². The molecule has 0 bridgehead atoms. The number of hydrogen-bond donors (Lipinski definition) is 2. The van der Waals surface area contributed by atoms with Gasteiger partial charge in [-0.05, 0) is 13.8 Å². The van der Waals surface area contributed by atoms with E-state index in [1.165, 1.54) is 11.3 Å². The van der Waals surface area contributed by atoms with Gasteiger partial charge in [-0.1, -0.05) is 11.3 Å². The maximum atomic E-state index is 12.0. The van der Waals surface area contributed by atoms with Gasteiger partial charge in [0.15, 0.2) is 9.34 Å². The molecule has 2 heterocycles. The van der Waals surface area contributed by atoms with Crippen LogP contribution in [-0.2, 0) is 16.4 Å². The van der Waals surface area contributed by atoms with Crippen LogP contribution < -0.4 is 10.5 Å². The molecule has 0 fully saturated rings. The maximum Gasteiger partial charge on any atom is 0.252 e. The number of anilines is 1. The number of rotatable bonds is 5. The molecule has 2 rings (SSSR count). The molecule has 19 heavy (non-hydrogen) atoms. The van der Waals surface area contributed by atoms with E-state index in [0.29, 0.717) is 18.7 Å². The van der Waals surface area contributed by atoms with Crippen LogP contribution >= 0.6 is 22.7 Å². The summed E-state index contributed by atoms with van der Waals surface area (Å²) >= 11 is 2.50. The summed E-state index contributed by atoms with van der Waals surface area (Å²) in [5, 5.41) is 3.12. The summed E-state index contributed by atoms with van der Waals surface area (Å²) in [5.41, 5.74) is 6.89. The Labute approximate surface area is 119 Å². The van der Waals surface area contributed by atoms with Crippen molar-refractivity contribution in [1.29, 1.82) is 0 Å². The third-order valence-corrected chi connectivity index (χ3v) is 6.40. The van der Waals surface area contributed by atoms with E-state index < -0.39 is 10.0 Å². The first-order valence-electron chi connectivity index (χ1n) is 5.52. The molecule has 3 N–H and O–H groups in total. The van der Waals surface area contributed by atoms with Crippen molar-refractivity contribution in [3.8, 4) is 0 Å². The van der Waals surface area contributed by atoms with Crippen LogP contribution in [0.3, 0.4) is 0 Å². The minimum atomic E-state index is -3.53. The predicted molar refractivity (Wildman–Crippen MR) is 77.0 cm³/mol. The van der Waals surface area contributed by atoms with Crippen molar-refractivity contribution >= 4 is 37.8 Å². The molecule has 0 spiro atoms. The molecule has 6 nitrogen and oxygen atoms in total. The van der Waals surface area contributed by atoms with Crippen molar-refractivity contribution in [2.24, 2.45) is 0 Å². The Morgan fingerprint density at radius 2 is 2.11 bits per heavy atom. The van der Waals surface area contributed by atoms with E-state index in [-0.39, 0.29) is 9.34 Å². The molecule has 0 amide bonds. The zero-order valence-corrected chi connectivity index (χ0v) is 13.0. The Kier molecular flexibility index (Phi) is 4.19. The van der Waals surface area contributed by atoms with E-state index >= 15 is 0 Å². The Bertz CT molecular complexity index is 675. The van der Waals surface area contributed by atoms with E-state index in [1.807, 2.05) is 12.3 Å². The normalized spacial score (nSPS) is 11.9. The number of sulfonamides is 1. The number of hydrogen-bond acceptors (Lipinski definition) is 7. The molecular formula is C10H14N4O2S3. The summed E-state index contributed by atoms with van der Waals surface area (Å²) in [5.74, 6) is 0. The minimum Gasteiger partial charge on any atom is -0.375 e. The number of nitrogens with two attached hydrogens (primary N) is 1. The predicted octanol–water partition coefficient (Wildman–Crippen LogP) is 1.32. The molecule has 0 aromatic carbocycles. The molecular weight excluding hydrogens is 304 g/mol. The quantitative estimate of drug-likeness (QED) is 0.866. The van der Waals surface area contributed by atoms with E-state index in [0.717, 1.165) is 22.0 Å². The van der Waals surface area contributed by atoms with Gasteiger partial charge >= 0.3 is 0 Å². The van der Waals surface area contributed by atoms with Gasteiger partial charge in [-0.2, -0.15) is 0 Å². The third kappa shape index (κ3) is 3.50. The standard InChI is InChI=1S/C10H14N4O2S3/c1-6-5-17-8(13-6)3-4-12-19(15,16)9-7(2)14-10(11)18-9/h5,12H,3-4H2,1-2H3,(H2,11,14). The fraction of sp³-hybridized carbons (Fsp3) is 0.400. The molecule has 0 atom stereocenters. The van der Waals surface area contributed by atoms with Crippen LogP contribution in [0, 0.1) is 13.8 Å². The van der Waals surface area contributed by atoms with Crippen LogP contribution in [0.15, 0.2) is 9.59 Å². The summed E-state index contributed by atoms with van der Waals surface area (Å²) in [6.45, 7) is 3.85.